The van der Waals surface area contributed by atoms with E-state index in [0.717, 1.165) is 0 Å². The molecule has 1 atom stereocenters. The van der Waals surface area contributed by atoms with Crippen LogP contribution in [0.5, 0.6) is 5.75 Å². The molecule has 1 N–H and O–H groups in total. The summed E-state index contributed by atoms with van der Waals surface area (Å²) < 4.78 is 18.9. The van der Waals surface area contributed by atoms with Crippen LogP contribution < -0.4 is 4.74 Å². The number of carbonyl (C=O) groups is 1. The Balaban J connectivity index is 2.07. The van der Waals surface area contributed by atoms with Crippen LogP contribution in [0.1, 0.15) is 22.0 Å². The molecule has 0 radical (unpaired) electrons. The second-order valence-corrected chi connectivity index (χ2v) is 6.05. The molecule has 1 amide bonds. The molecule has 2 aromatic rings. The van der Waals surface area contributed by atoms with E-state index < -0.39 is 11.9 Å². The zero-order valence-electron chi connectivity index (χ0n) is 12.8. The molecule has 0 saturated heterocycles. The molecular weight excluding hydrogens is 365 g/mol. The number of nitrogens with zero attached hydrogens (tertiary/aromatic N) is 1. The molecule has 2 aromatic carbocycles. The summed E-state index contributed by atoms with van der Waals surface area (Å²) >= 11 is 3.16. The van der Waals surface area contributed by atoms with Gasteiger partial charge in [-0.25, -0.2) is 4.39 Å². The monoisotopic (exact) mass is 381 g/mol. The Morgan fingerprint density at radius 3 is 2.52 bits per heavy atom. The van der Waals surface area contributed by atoms with E-state index in [-0.39, 0.29) is 18.0 Å². The molecule has 23 heavy (non-hydrogen) atoms. The molecule has 0 aliphatic heterocycles. The average Bonchev–Trinajstić information content (AvgIpc) is 2.53. The molecule has 0 aliphatic rings. The van der Waals surface area contributed by atoms with Gasteiger partial charge in [0.25, 0.3) is 5.91 Å². The minimum atomic E-state index is -0.841. The van der Waals surface area contributed by atoms with E-state index in [4.69, 9.17) is 4.74 Å². The van der Waals surface area contributed by atoms with Crippen molar-refractivity contribution in [2.45, 2.75) is 6.10 Å². The number of aliphatic hydroxyl groups is 1. The molecule has 0 bridgehead atoms. The van der Waals surface area contributed by atoms with Crippen LogP contribution in [0.2, 0.25) is 0 Å². The van der Waals surface area contributed by atoms with Gasteiger partial charge in [-0.05, 0) is 35.9 Å². The van der Waals surface area contributed by atoms with Crippen LogP contribution in [0, 0.1) is 5.82 Å². The first-order chi connectivity index (χ1) is 10.9. The number of benzene rings is 2. The van der Waals surface area contributed by atoms with E-state index in [1.807, 2.05) is 0 Å². The van der Waals surface area contributed by atoms with Crippen molar-refractivity contribution in [3.8, 4) is 5.75 Å². The van der Waals surface area contributed by atoms with E-state index in [1.165, 1.54) is 17.0 Å². The van der Waals surface area contributed by atoms with Crippen molar-refractivity contribution in [2.24, 2.45) is 0 Å². The van der Waals surface area contributed by atoms with E-state index in [9.17, 15) is 14.3 Å². The lowest BCUT2D eigenvalue weighted by Crippen LogP contribution is -2.31. The summed E-state index contributed by atoms with van der Waals surface area (Å²) in [4.78, 5) is 13.7. The van der Waals surface area contributed by atoms with Crippen molar-refractivity contribution in [3.05, 3.63) is 63.9 Å². The second-order valence-electron chi connectivity index (χ2n) is 5.13. The first kappa shape index (κ1) is 17.4. The smallest absolute Gasteiger partial charge is 0.253 e. The minimum absolute atomic E-state index is 0.0965. The van der Waals surface area contributed by atoms with Crippen molar-refractivity contribution in [2.75, 3.05) is 20.7 Å². The van der Waals surface area contributed by atoms with Gasteiger partial charge in [0.1, 0.15) is 11.6 Å². The minimum Gasteiger partial charge on any atom is -0.497 e. The summed E-state index contributed by atoms with van der Waals surface area (Å²) in [5.41, 5.74) is 0.896. The van der Waals surface area contributed by atoms with E-state index >= 15 is 0 Å². The molecule has 2 rings (SSSR count). The van der Waals surface area contributed by atoms with Crippen LogP contribution in [0.15, 0.2) is 46.9 Å². The Kier molecular flexibility index (Phi) is 5.74. The van der Waals surface area contributed by atoms with E-state index in [0.29, 0.717) is 15.8 Å². The maximum absolute atomic E-state index is 13.4. The first-order valence-electron chi connectivity index (χ1n) is 6.94. The number of amides is 1. The Labute approximate surface area is 142 Å². The zero-order valence-corrected chi connectivity index (χ0v) is 14.4. The van der Waals surface area contributed by atoms with Gasteiger partial charge < -0.3 is 14.7 Å². The summed E-state index contributed by atoms with van der Waals surface area (Å²) in [6.45, 7) is 0.0965. The Morgan fingerprint density at radius 2 is 1.96 bits per heavy atom. The van der Waals surface area contributed by atoms with Crippen LogP contribution in [-0.4, -0.2) is 36.6 Å². The number of hydrogen-bond donors (Lipinski definition) is 1. The van der Waals surface area contributed by atoms with Gasteiger partial charge in [0.15, 0.2) is 0 Å². The Morgan fingerprint density at radius 1 is 1.30 bits per heavy atom. The SMILES string of the molecule is COc1ccc(C(O)CN(C)C(=O)c2cc(F)cc(Br)c2)cc1. The highest BCUT2D eigenvalue weighted by Crippen LogP contribution is 2.20. The van der Waals surface area contributed by atoms with Gasteiger partial charge in [-0.3, -0.25) is 4.79 Å². The topological polar surface area (TPSA) is 49.8 Å². The summed E-state index contributed by atoms with van der Waals surface area (Å²) in [6, 6.07) is 10.9. The molecular formula is C17H17BrFNO3. The fourth-order valence-electron chi connectivity index (χ4n) is 2.17. The normalized spacial score (nSPS) is 11.9. The number of ether oxygens (including phenoxy) is 1. The molecule has 0 aromatic heterocycles. The van der Waals surface area contributed by atoms with E-state index in [2.05, 4.69) is 15.9 Å². The number of rotatable bonds is 5. The lowest BCUT2D eigenvalue weighted by molar-refractivity contribution is 0.0680. The fraction of sp³-hybridized carbons (Fsp3) is 0.235. The number of halogens is 2. The number of hydrogen-bond acceptors (Lipinski definition) is 3. The van der Waals surface area contributed by atoms with Crippen LogP contribution in [0.4, 0.5) is 4.39 Å². The lowest BCUT2D eigenvalue weighted by atomic mass is 10.1. The largest absolute Gasteiger partial charge is 0.497 e. The highest BCUT2D eigenvalue weighted by atomic mass is 79.9. The first-order valence-corrected chi connectivity index (χ1v) is 7.73. The molecule has 0 saturated carbocycles. The van der Waals surface area contributed by atoms with Crippen molar-refractivity contribution in [3.63, 3.8) is 0 Å². The second kappa shape index (κ2) is 7.57. The summed E-state index contributed by atoms with van der Waals surface area (Å²) in [5.74, 6) is -0.167. The zero-order chi connectivity index (χ0) is 17.0. The van der Waals surface area contributed by atoms with Crippen molar-refractivity contribution < 1.29 is 19.0 Å². The van der Waals surface area contributed by atoms with Crippen molar-refractivity contribution in [1.29, 1.82) is 0 Å². The number of carbonyl (C=O) groups excluding carboxylic acids is 1. The van der Waals surface area contributed by atoms with Gasteiger partial charge in [-0.2, -0.15) is 0 Å². The highest BCUT2D eigenvalue weighted by molar-refractivity contribution is 9.10. The van der Waals surface area contributed by atoms with Crippen LogP contribution >= 0.6 is 15.9 Å². The third kappa shape index (κ3) is 4.53. The third-order valence-corrected chi connectivity index (χ3v) is 3.86. The Hall–Kier alpha value is -1.92. The third-order valence-electron chi connectivity index (χ3n) is 3.40. The predicted octanol–water partition coefficient (Wildman–Crippen LogP) is 3.40. The van der Waals surface area contributed by atoms with Crippen molar-refractivity contribution >= 4 is 21.8 Å². The van der Waals surface area contributed by atoms with Gasteiger partial charge in [0.2, 0.25) is 0 Å². The maximum atomic E-state index is 13.4. The average molecular weight is 382 g/mol. The van der Waals surface area contributed by atoms with Crippen LogP contribution in [-0.2, 0) is 0 Å². The molecule has 1 unspecified atom stereocenters. The molecule has 6 heteroatoms. The van der Waals surface area contributed by atoms with Gasteiger partial charge in [-0.1, -0.05) is 28.1 Å². The summed E-state index contributed by atoms with van der Waals surface area (Å²) in [6.07, 6.45) is -0.841. The molecule has 0 heterocycles. The molecule has 4 nitrogen and oxygen atoms in total. The fourth-order valence-corrected chi connectivity index (χ4v) is 2.64. The van der Waals surface area contributed by atoms with E-state index in [1.54, 1.807) is 44.5 Å². The van der Waals surface area contributed by atoms with Crippen LogP contribution in [0.3, 0.4) is 0 Å². The van der Waals surface area contributed by atoms with Crippen LogP contribution in [0.25, 0.3) is 0 Å². The highest BCUT2D eigenvalue weighted by Gasteiger charge is 2.17. The summed E-state index contributed by atoms with van der Waals surface area (Å²) in [5, 5.41) is 10.2. The summed E-state index contributed by atoms with van der Waals surface area (Å²) in [7, 11) is 3.13. The molecule has 122 valence electrons. The lowest BCUT2D eigenvalue weighted by Gasteiger charge is -2.21. The van der Waals surface area contributed by atoms with Gasteiger partial charge in [0, 0.05) is 17.1 Å². The molecule has 0 spiro atoms. The number of aliphatic hydroxyl groups excluding tert-OH is 1. The molecule has 0 aliphatic carbocycles. The quantitative estimate of drug-likeness (QED) is 0.863. The predicted molar refractivity (Wildman–Crippen MR) is 89.0 cm³/mol. The maximum Gasteiger partial charge on any atom is 0.253 e. The van der Waals surface area contributed by atoms with Gasteiger partial charge >= 0.3 is 0 Å². The standard InChI is InChI=1S/C17H17BrFNO3/c1-20(17(22)12-7-13(18)9-14(19)8-12)10-16(21)11-3-5-15(23-2)6-4-11/h3-9,16,21H,10H2,1-2H3. The number of likely N-dealkylation sites (N-methyl/N-ethyl adjacent to an activating group) is 1. The molecule has 0 fully saturated rings. The van der Waals surface area contributed by atoms with Gasteiger partial charge in [-0.15, -0.1) is 0 Å². The number of methoxy groups -OCH3 is 1. The Bertz CT molecular complexity index is 670. The van der Waals surface area contributed by atoms with Crippen molar-refractivity contribution in [1.82, 2.24) is 4.90 Å². The van der Waals surface area contributed by atoms with Gasteiger partial charge in [0.05, 0.1) is 19.8 Å².